The van der Waals surface area contributed by atoms with E-state index in [-0.39, 0.29) is 29.4 Å². The maximum Gasteiger partial charge on any atom is 0.270 e. The molecule has 1 amide bonds. The van der Waals surface area contributed by atoms with Gasteiger partial charge in [0.15, 0.2) is 0 Å². The van der Waals surface area contributed by atoms with Crippen LogP contribution in [0.1, 0.15) is 55.4 Å². The Morgan fingerprint density at radius 1 is 1.28 bits per heavy atom. The fraction of sp³-hybridized carbons (Fsp3) is 0.407. The van der Waals surface area contributed by atoms with Gasteiger partial charge in [0.1, 0.15) is 27.6 Å². The number of piperidine rings is 1. The number of nitriles is 1. The van der Waals surface area contributed by atoms with Gasteiger partial charge in [0, 0.05) is 25.2 Å². The molecule has 6 nitrogen and oxygen atoms in total. The Morgan fingerprint density at radius 2 is 2.00 bits per heavy atom. The van der Waals surface area contributed by atoms with Crippen molar-refractivity contribution >= 4 is 46.1 Å². The van der Waals surface area contributed by atoms with Gasteiger partial charge < -0.3 is 4.90 Å². The second-order valence-electron chi connectivity index (χ2n) is 9.39. The lowest BCUT2D eigenvalue weighted by molar-refractivity contribution is -0.122. The number of halogens is 1. The Labute approximate surface area is 220 Å². The molecule has 0 radical (unpaired) electrons. The van der Waals surface area contributed by atoms with Gasteiger partial charge in [0.2, 0.25) is 0 Å². The summed E-state index contributed by atoms with van der Waals surface area (Å²) in [5.74, 6) is 0.670. The van der Waals surface area contributed by atoms with Crippen LogP contribution in [0.3, 0.4) is 0 Å². The van der Waals surface area contributed by atoms with Gasteiger partial charge in [0.05, 0.1) is 11.4 Å². The number of carbonyl (C=O) groups excluding carboxylic acids is 1. The fourth-order valence-corrected chi connectivity index (χ4v) is 6.07. The van der Waals surface area contributed by atoms with E-state index in [1.54, 1.807) is 29.7 Å². The number of rotatable bonds is 6. The molecule has 0 bridgehead atoms. The van der Waals surface area contributed by atoms with Gasteiger partial charge in [-0.3, -0.25) is 19.1 Å². The summed E-state index contributed by atoms with van der Waals surface area (Å²) in [4.78, 5) is 30.9. The molecule has 36 heavy (non-hydrogen) atoms. The minimum atomic E-state index is -0.338. The van der Waals surface area contributed by atoms with E-state index in [2.05, 4.69) is 17.9 Å². The zero-order valence-corrected chi connectivity index (χ0v) is 22.3. The fourth-order valence-electron chi connectivity index (χ4n) is 4.84. The molecule has 1 aromatic heterocycles. The molecule has 2 aliphatic heterocycles. The van der Waals surface area contributed by atoms with Crippen molar-refractivity contribution in [1.82, 2.24) is 9.47 Å². The summed E-state index contributed by atoms with van der Waals surface area (Å²) in [6.07, 6.45) is 4.67. The predicted octanol–water partition coefficient (Wildman–Crippen LogP) is 5.22. The lowest BCUT2D eigenvalue weighted by Crippen LogP contribution is -2.40. The molecule has 4 rings (SSSR count). The third-order valence-electron chi connectivity index (χ3n) is 6.65. The maximum atomic E-state index is 13.4. The van der Waals surface area contributed by atoms with E-state index in [9.17, 15) is 19.2 Å². The molecule has 0 spiro atoms. The highest BCUT2D eigenvalue weighted by molar-refractivity contribution is 8.26. The number of hydrogen-bond donors (Lipinski definition) is 0. The van der Waals surface area contributed by atoms with Crippen LogP contribution in [-0.2, 0) is 17.9 Å². The van der Waals surface area contributed by atoms with Crippen LogP contribution >= 0.6 is 24.0 Å². The average molecular weight is 525 g/mol. The minimum Gasteiger partial charge on any atom is -0.357 e. The van der Waals surface area contributed by atoms with E-state index in [1.807, 2.05) is 6.92 Å². The Bertz CT molecular complexity index is 1330. The number of anilines is 1. The van der Waals surface area contributed by atoms with Gasteiger partial charge in [-0.1, -0.05) is 50.0 Å². The first-order valence-corrected chi connectivity index (χ1v) is 13.4. The Balaban J connectivity index is 1.81. The molecule has 0 aliphatic carbocycles. The van der Waals surface area contributed by atoms with Crippen molar-refractivity contribution in [2.24, 2.45) is 5.92 Å². The molecular weight excluding hydrogens is 495 g/mol. The minimum absolute atomic E-state index is 0.102. The Kier molecular flexibility index (Phi) is 7.96. The Morgan fingerprint density at radius 3 is 2.64 bits per heavy atom. The van der Waals surface area contributed by atoms with Crippen molar-refractivity contribution in [2.75, 3.05) is 18.0 Å². The van der Waals surface area contributed by atoms with E-state index in [0.717, 1.165) is 49.3 Å². The van der Waals surface area contributed by atoms with Crippen LogP contribution < -0.4 is 10.5 Å². The lowest BCUT2D eigenvalue weighted by Gasteiger charge is -2.36. The molecule has 2 fully saturated rings. The number of nitrogens with zero attached hydrogens (tertiary/aromatic N) is 4. The van der Waals surface area contributed by atoms with Gasteiger partial charge in [-0.15, -0.1) is 0 Å². The molecule has 2 saturated heterocycles. The quantitative estimate of drug-likeness (QED) is 0.382. The highest BCUT2D eigenvalue weighted by atomic mass is 32.2. The highest BCUT2D eigenvalue weighted by Gasteiger charge is 2.33. The van der Waals surface area contributed by atoms with Gasteiger partial charge in [-0.2, -0.15) is 5.26 Å². The van der Waals surface area contributed by atoms with Crippen LogP contribution in [0.5, 0.6) is 0 Å². The molecule has 0 saturated carbocycles. The van der Waals surface area contributed by atoms with E-state index in [1.165, 1.54) is 28.8 Å². The average Bonchev–Trinajstić information content (AvgIpc) is 3.11. The summed E-state index contributed by atoms with van der Waals surface area (Å²) < 4.78 is 15.4. The summed E-state index contributed by atoms with van der Waals surface area (Å²) in [5.41, 5.74) is 1.88. The highest BCUT2D eigenvalue weighted by Crippen LogP contribution is 2.37. The summed E-state index contributed by atoms with van der Waals surface area (Å²) in [5, 5.41) is 9.81. The van der Waals surface area contributed by atoms with E-state index >= 15 is 0 Å². The molecule has 2 aromatic rings. The maximum absolute atomic E-state index is 13.4. The van der Waals surface area contributed by atoms with Gasteiger partial charge in [-0.05, 0) is 61.4 Å². The standard InChI is InChI=1S/C27H29FN4O2S2/c1-4-11-31-24(30-12-5-6-17(2)15-30)21(18(3)22(14-29)25(31)33)13-23-26(34)32(27(35)36-23)16-19-7-9-20(28)10-8-19/h7-10,13,17H,4-6,11-12,15-16H2,1-3H3. The SMILES string of the molecule is CCCn1c(N2CCCC(C)C2)c(C=C2SC(=S)N(Cc3ccc(F)cc3)C2=O)c(C)c(C#N)c1=O. The molecule has 1 atom stereocenters. The summed E-state index contributed by atoms with van der Waals surface area (Å²) in [6, 6.07) is 8.08. The van der Waals surface area contributed by atoms with Gasteiger partial charge in [-0.25, -0.2) is 4.39 Å². The normalized spacial score (nSPS) is 19.3. The molecule has 3 heterocycles. The summed E-state index contributed by atoms with van der Waals surface area (Å²) in [7, 11) is 0. The van der Waals surface area contributed by atoms with Gasteiger partial charge >= 0.3 is 0 Å². The van der Waals surface area contributed by atoms with Crippen LogP contribution in [0.2, 0.25) is 0 Å². The first-order valence-electron chi connectivity index (χ1n) is 12.2. The van der Waals surface area contributed by atoms with Crippen LogP contribution in [-0.4, -0.2) is 32.8 Å². The van der Waals surface area contributed by atoms with Crippen LogP contribution in [0, 0.1) is 30.0 Å². The van der Waals surface area contributed by atoms with Crippen molar-refractivity contribution in [1.29, 1.82) is 5.26 Å². The number of hydrogen-bond acceptors (Lipinski definition) is 6. The third kappa shape index (κ3) is 5.11. The lowest BCUT2D eigenvalue weighted by atomic mass is 9.98. The predicted molar refractivity (Wildman–Crippen MR) is 146 cm³/mol. The first-order chi connectivity index (χ1) is 17.2. The smallest absolute Gasteiger partial charge is 0.270 e. The molecular formula is C27H29FN4O2S2. The molecule has 9 heteroatoms. The Hall–Kier alpha value is -2.96. The number of aromatic nitrogens is 1. The number of benzene rings is 1. The molecule has 2 aliphatic rings. The van der Waals surface area contributed by atoms with Crippen molar-refractivity contribution in [3.05, 3.63) is 67.6 Å². The van der Waals surface area contributed by atoms with E-state index in [0.29, 0.717) is 27.3 Å². The second kappa shape index (κ2) is 11.0. The third-order valence-corrected chi connectivity index (χ3v) is 8.03. The number of thiocarbonyl (C=S) groups is 1. The van der Waals surface area contributed by atoms with E-state index < -0.39 is 0 Å². The zero-order chi connectivity index (χ0) is 26.0. The van der Waals surface area contributed by atoms with Crippen molar-refractivity contribution in [2.45, 2.75) is 53.1 Å². The number of amides is 1. The van der Waals surface area contributed by atoms with Crippen molar-refractivity contribution < 1.29 is 9.18 Å². The summed E-state index contributed by atoms with van der Waals surface area (Å²) >= 11 is 6.72. The number of pyridine rings is 1. The van der Waals surface area contributed by atoms with E-state index in [4.69, 9.17) is 12.2 Å². The van der Waals surface area contributed by atoms with Crippen LogP contribution in [0.25, 0.3) is 6.08 Å². The summed E-state index contributed by atoms with van der Waals surface area (Å²) in [6.45, 7) is 8.33. The monoisotopic (exact) mass is 524 g/mol. The zero-order valence-electron chi connectivity index (χ0n) is 20.7. The first kappa shape index (κ1) is 26.1. The number of thioether (sulfide) groups is 1. The largest absolute Gasteiger partial charge is 0.357 e. The topological polar surface area (TPSA) is 69.3 Å². The van der Waals surface area contributed by atoms with Crippen molar-refractivity contribution in [3.8, 4) is 6.07 Å². The van der Waals surface area contributed by atoms with Crippen molar-refractivity contribution in [3.63, 3.8) is 0 Å². The number of carbonyl (C=O) groups is 1. The molecule has 1 unspecified atom stereocenters. The molecule has 0 N–H and O–H groups in total. The molecule has 1 aromatic carbocycles. The molecule has 188 valence electrons. The van der Waals surface area contributed by atoms with Crippen LogP contribution in [0.15, 0.2) is 34.0 Å². The second-order valence-corrected chi connectivity index (χ2v) is 11.1. The van der Waals surface area contributed by atoms with Gasteiger partial charge in [0.25, 0.3) is 11.5 Å². The van der Waals surface area contributed by atoms with Crippen LogP contribution in [0.4, 0.5) is 10.2 Å².